The Bertz CT molecular complexity index is 1050. The first-order valence-corrected chi connectivity index (χ1v) is 11.7. The molecule has 0 fully saturated rings. The molecule has 1 amide bonds. The Morgan fingerprint density at radius 3 is 2.50 bits per heavy atom. The van der Waals surface area contributed by atoms with E-state index in [4.69, 9.17) is 0 Å². The number of anilines is 1. The molecule has 28 heavy (non-hydrogen) atoms. The van der Waals surface area contributed by atoms with Crippen molar-refractivity contribution in [2.75, 3.05) is 5.32 Å². The second-order valence-electron chi connectivity index (χ2n) is 6.25. The van der Waals surface area contributed by atoms with E-state index >= 15 is 0 Å². The van der Waals surface area contributed by atoms with Crippen LogP contribution >= 0.6 is 27.3 Å². The third-order valence-electron chi connectivity index (χ3n) is 4.08. The van der Waals surface area contributed by atoms with Crippen LogP contribution in [0.1, 0.15) is 11.1 Å². The number of thiophene rings is 1. The van der Waals surface area contributed by atoms with Gasteiger partial charge in [0.05, 0.1) is 0 Å². The van der Waals surface area contributed by atoms with Crippen LogP contribution in [0.5, 0.6) is 0 Å². The summed E-state index contributed by atoms with van der Waals surface area (Å²) in [5.41, 5.74) is 2.44. The van der Waals surface area contributed by atoms with Crippen molar-refractivity contribution in [1.82, 2.24) is 4.72 Å². The summed E-state index contributed by atoms with van der Waals surface area (Å²) >= 11 is 4.54. The maximum Gasteiger partial charge on any atom is 0.250 e. The van der Waals surface area contributed by atoms with Crippen molar-refractivity contribution < 1.29 is 13.2 Å². The topological polar surface area (TPSA) is 75.3 Å². The maximum atomic E-state index is 12.9. The Morgan fingerprint density at radius 2 is 1.86 bits per heavy atom. The van der Waals surface area contributed by atoms with Gasteiger partial charge >= 0.3 is 0 Å². The minimum atomic E-state index is -3.79. The highest BCUT2D eigenvalue weighted by Crippen LogP contribution is 2.21. The molecule has 2 aromatic carbocycles. The number of amides is 1. The first kappa shape index (κ1) is 20.7. The zero-order chi connectivity index (χ0) is 20.1. The molecule has 2 N–H and O–H groups in total. The van der Waals surface area contributed by atoms with Crippen LogP contribution in [0, 0.1) is 6.92 Å². The molecule has 0 saturated carbocycles. The van der Waals surface area contributed by atoms with E-state index in [-0.39, 0.29) is 10.6 Å². The highest BCUT2D eigenvalue weighted by atomic mass is 79.9. The van der Waals surface area contributed by atoms with E-state index in [0.717, 1.165) is 26.9 Å². The van der Waals surface area contributed by atoms with Gasteiger partial charge in [-0.1, -0.05) is 52.3 Å². The summed E-state index contributed by atoms with van der Waals surface area (Å²) in [7, 11) is -3.79. The molecule has 3 rings (SSSR count). The lowest BCUT2D eigenvalue weighted by Crippen LogP contribution is -2.45. The van der Waals surface area contributed by atoms with Gasteiger partial charge in [-0.3, -0.25) is 4.79 Å². The smallest absolute Gasteiger partial charge is 0.250 e. The van der Waals surface area contributed by atoms with Gasteiger partial charge in [-0.15, -0.1) is 11.3 Å². The first-order chi connectivity index (χ1) is 13.3. The Balaban J connectivity index is 1.84. The minimum Gasteiger partial charge on any atom is -0.325 e. The van der Waals surface area contributed by atoms with E-state index in [2.05, 4.69) is 26.0 Å². The second-order valence-corrected chi connectivity index (χ2v) is 9.99. The maximum absolute atomic E-state index is 12.9. The normalized spacial score (nSPS) is 12.5. The molecule has 1 aromatic heterocycles. The molecule has 146 valence electrons. The quantitative estimate of drug-likeness (QED) is 0.529. The molecule has 0 radical (unpaired) electrons. The summed E-state index contributed by atoms with van der Waals surface area (Å²) in [5.74, 6) is -0.411. The summed E-state index contributed by atoms with van der Waals surface area (Å²) in [6, 6.07) is 17.0. The zero-order valence-electron chi connectivity index (χ0n) is 15.1. The van der Waals surface area contributed by atoms with Crippen LogP contribution in [-0.2, 0) is 21.2 Å². The van der Waals surface area contributed by atoms with Crippen LogP contribution in [0.3, 0.4) is 0 Å². The number of rotatable bonds is 7. The van der Waals surface area contributed by atoms with E-state index < -0.39 is 22.0 Å². The number of halogens is 1. The van der Waals surface area contributed by atoms with Crippen molar-refractivity contribution in [3.8, 4) is 0 Å². The van der Waals surface area contributed by atoms with Crippen molar-refractivity contribution in [2.24, 2.45) is 0 Å². The number of carbonyl (C=O) groups is 1. The molecule has 0 aliphatic rings. The molecule has 0 spiro atoms. The predicted octanol–water partition coefficient (Wildman–Crippen LogP) is 4.35. The van der Waals surface area contributed by atoms with Crippen LogP contribution in [0.25, 0.3) is 0 Å². The summed E-state index contributed by atoms with van der Waals surface area (Å²) in [6.07, 6.45) is 0.243. The van der Waals surface area contributed by atoms with Crippen LogP contribution in [0.15, 0.2) is 74.7 Å². The Morgan fingerprint density at radius 1 is 1.11 bits per heavy atom. The molecule has 5 nitrogen and oxygen atoms in total. The largest absolute Gasteiger partial charge is 0.325 e. The summed E-state index contributed by atoms with van der Waals surface area (Å²) in [5, 5.41) is 4.50. The van der Waals surface area contributed by atoms with Crippen LogP contribution in [0.2, 0.25) is 0 Å². The van der Waals surface area contributed by atoms with Gasteiger partial charge in [-0.25, -0.2) is 8.42 Å². The zero-order valence-corrected chi connectivity index (χ0v) is 18.3. The Labute approximate surface area is 177 Å². The molecular weight excluding hydrogens is 460 g/mol. The monoisotopic (exact) mass is 478 g/mol. The van der Waals surface area contributed by atoms with Gasteiger partial charge in [-0.05, 0) is 54.1 Å². The second kappa shape index (κ2) is 9.00. The minimum absolute atomic E-state index is 0.179. The lowest BCUT2D eigenvalue weighted by Gasteiger charge is -2.18. The number of aryl methyl sites for hydroxylation is 1. The molecule has 1 atom stereocenters. The standard InChI is InChI=1S/C20H19BrN2O3S2/c1-14-12-16(9-10-17(14)21)22-20(24)18(13-15-6-3-2-4-7-15)23-28(25,26)19-8-5-11-27-19/h2-12,18,23H,13H2,1H3,(H,22,24)/t18-/m0/s1. The van der Waals surface area contributed by atoms with Crippen LogP contribution in [-0.4, -0.2) is 20.4 Å². The number of carbonyl (C=O) groups excluding carboxylic acids is 1. The van der Waals surface area contributed by atoms with Gasteiger partial charge in [-0.2, -0.15) is 4.72 Å². The van der Waals surface area contributed by atoms with Crippen molar-refractivity contribution >= 4 is 48.9 Å². The fraction of sp³-hybridized carbons (Fsp3) is 0.150. The van der Waals surface area contributed by atoms with E-state index in [0.29, 0.717) is 5.69 Å². The fourth-order valence-electron chi connectivity index (χ4n) is 2.65. The molecule has 0 bridgehead atoms. The van der Waals surface area contributed by atoms with E-state index in [1.54, 1.807) is 17.5 Å². The molecule has 1 heterocycles. The molecule has 8 heteroatoms. The molecule has 0 unspecified atom stereocenters. The number of benzene rings is 2. The van der Waals surface area contributed by atoms with Crippen molar-refractivity contribution in [1.29, 1.82) is 0 Å². The molecule has 0 aliphatic heterocycles. The number of nitrogens with one attached hydrogen (secondary N) is 2. The van der Waals surface area contributed by atoms with E-state index in [1.165, 1.54) is 6.07 Å². The summed E-state index contributed by atoms with van der Waals surface area (Å²) in [6.45, 7) is 1.92. The van der Waals surface area contributed by atoms with Gasteiger partial charge < -0.3 is 5.32 Å². The highest BCUT2D eigenvalue weighted by molar-refractivity contribution is 9.10. The summed E-state index contributed by atoms with van der Waals surface area (Å²) < 4.78 is 29.0. The van der Waals surface area contributed by atoms with Gasteiger partial charge in [0, 0.05) is 10.2 Å². The Kier molecular flexibility index (Phi) is 6.66. The van der Waals surface area contributed by atoms with E-state index in [9.17, 15) is 13.2 Å². The molecule has 0 saturated heterocycles. The SMILES string of the molecule is Cc1cc(NC(=O)[C@H](Cc2ccccc2)NS(=O)(=O)c2cccs2)ccc1Br. The molecule has 3 aromatic rings. The number of sulfonamides is 1. The van der Waals surface area contributed by atoms with Crippen molar-refractivity contribution in [3.63, 3.8) is 0 Å². The number of hydrogen-bond acceptors (Lipinski definition) is 4. The van der Waals surface area contributed by atoms with Crippen LogP contribution in [0.4, 0.5) is 5.69 Å². The van der Waals surface area contributed by atoms with Gasteiger partial charge in [0.1, 0.15) is 10.3 Å². The lowest BCUT2D eigenvalue weighted by molar-refractivity contribution is -0.117. The lowest BCUT2D eigenvalue weighted by atomic mass is 10.1. The third kappa shape index (κ3) is 5.29. The summed E-state index contributed by atoms with van der Waals surface area (Å²) in [4.78, 5) is 12.9. The van der Waals surface area contributed by atoms with Crippen molar-refractivity contribution in [2.45, 2.75) is 23.6 Å². The van der Waals surface area contributed by atoms with Gasteiger partial charge in [0.15, 0.2) is 0 Å². The van der Waals surface area contributed by atoms with Gasteiger partial charge in [0.25, 0.3) is 10.0 Å². The molecule has 0 aliphatic carbocycles. The number of hydrogen-bond donors (Lipinski definition) is 2. The predicted molar refractivity (Wildman–Crippen MR) is 116 cm³/mol. The third-order valence-corrected chi connectivity index (χ3v) is 7.84. The average molecular weight is 479 g/mol. The highest BCUT2D eigenvalue weighted by Gasteiger charge is 2.27. The fourth-order valence-corrected chi connectivity index (χ4v) is 5.10. The van der Waals surface area contributed by atoms with E-state index in [1.807, 2.05) is 49.4 Å². The first-order valence-electron chi connectivity index (χ1n) is 8.52. The Hall–Kier alpha value is -2.00. The van der Waals surface area contributed by atoms with Gasteiger partial charge in [0.2, 0.25) is 5.91 Å². The van der Waals surface area contributed by atoms with Crippen LogP contribution < -0.4 is 10.0 Å². The van der Waals surface area contributed by atoms with Crippen molar-refractivity contribution in [3.05, 3.63) is 81.6 Å². The molecular formula is C20H19BrN2O3S2. The average Bonchev–Trinajstić information content (AvgIpc) is 3.21.